The van der Waals surface area contributed by atoms with Crippen LogP contribution < -0.4 is 15.6 Å². The average molecular weight is 374 g/mol. The van der Waals surface area contributed by atoms with E-state index in [4.69, 9.17) is 9.15 Å². The van der Waals surface area contributed by atoms with Gasteiger partial charge in [0.2, 0.25) is 5.56 Å². The summed E-state index contributed by atoms with van der Waals surface area (Å²) >= 11 is 0. The second kappa shape index (κ2) is 7.44. The Morgan fingerprint density at radius 2 is 1.82 bits per heavy atom. The number of hydrogen-bond donors (Lipinski definition) is 2. The Hall–Kier alpha value is -3.80. The Bertz CT molecular complexity index is 1190. The van der Waals surface area contributed by atoms with E-state index in [2.05, 4.69) is 10.3 Å². The van der Waals surface area contributed by atoms with Crippen molar-refractivity contribution in [3.05, 3.63) is 88.7 Å². The summed E-state index contributed by atoms with van der Waals surface area (Å²) in [5.41, 5.74) is 1.81. The van der Waals surface area contributed by atoms with Crippen LogP contribution in [0.1, 0.15) is 16.3 Å². The van der Waals surface area contributed by atoms with Gasteiger partial charge < -0.3 is 19.5 Å². The summed E-state index contributed by atoms with van der Waals surface area (Å²) in [6.07, 6.45) is 1.70. The number of aromatic nitrogens is 1. The molecule has 28 heavy (non-hydrogen) atoms. The number of carbonyl (C=O) groups is 1. The van der Waals surface area contributed by atoms with Crippen LogP contribution in [0.5, 0.6) is 5.75 Å². The van der Waals surface area contributed by atoms with Crippen molar-refractivity contribution in [1.29, 1.82) is 0 Å². The van der Waals surface area contributed by atoms with Gasteiger partial charge in [0.15, 0.2) is 5.76 Å². The lowest BCUT2D eigenvalue weighted by molar-refractivity contribution is 0.0931. The number of nitrogens with one attached hydrogen (secondary N) is 2. The van der Waals surface area contributed by atoms with Gasteiger partial charge in [0.25, 0.3) is 5.91 Å². The number of benzene rings is 2. The molecule has 0 aliphatic rings. The molecular weight excluding hydrogens is 356 g/mol. The third-order valence-electron chi connectivity index (χ3n) is 4.42. The van der Waals surface area contributed by atoms with Crippen LogP contribution in [-0.2, 0) is 6.61 Å². The van der Waals surface area contributed by atoms with Crippen LogP contribution in [0.4, 0.5) is 0 Å². The highest BCUT2D eigenvalue weighted by Crippen LogP contribution is 2.27. The molecule has 2 aromatic heterocycles. The average Bonchev–Trinajstić information content (AvgIpc) is 3.21. The molecule has 0 aliphatic carbocycles. The van der Waals surface area contributed by atoms with Crippen molar-refractivity contribution in [3.63, 3.8) is 0 Å². The number of fused-ring (bicyclic) bond motifs is 1. The van der Waals surface area contributed by atoms with Crippen LogP contribution in [0.2, 0.25) is 0 Å². The molecule has 2 aromatic carbocycles. The van der Waals surface area contributed by atoms with Gasteiger partial charge in [-0.15, -0.1) is 0 Å². The number of aromatic amines is 1. The number of furan rings is 1. The smallest absolute Gasteiger partial charge is 0.286 e. The zero-order valence-electron chi connectivity index (χ0n) is 15.2. The van der Waals surface area contributed by atoms with Gasteiger partial charge in [-0.3, -0.25) is 9.59 Å². The monoisotopic (exact) mass is 374 g/mol. The molecule has 6 nitrogen and oxygen atoms in total. The molecule has 4 rings (SSSR count). The Balaban J connectivity index is 1.54. The van der Waals surface area contributed by atoms with Gasteiger partial charge in [-0.2, -0.15) is 0 Å². The molecule has 2 heterocycles. The van der Waals surface area contributed by atoms with Gasteiger partial charge in [0.05, 0.1) is 0 Å². The number of H-pyrrole nitrogens is 1. The largest absolute Gasteiger partial charge is 0.486 e. The van der Waals surface area contributed by atoms with E-state index in [1.54, 1.807) is 31.4 Å². The third kappa shape index (κ3) is 3.66. The maximum Gasteiger partial charge on any atom is 0.286 e. The van der Waals surface area contributed by atoms with Gasteiger partial charge in [0, 0.05) is 19.3 Å². The van der Waals surface area contributed by atoms with Crippen LogP contribution in [-0.4, -0.2) is 17.9 Å². The fraction of sp³-hybridized carbons (Fsp3) is 0.0909. The van der Waals surface area contributed by atoms with Crippen molar-refractivity contribution in [3.8, 4) is 16.9 Å². The molecule has 0 fully saturated rings. The van der Waals surface area contributed by atoms with Crippen LogP contribution in [0.15, 0.2) is 76.1 Å². The van der Waals surface area contributed by atoms with Crippen molar-refractivity contribution in [2.24, 2.45) is 0 Å². The number of hydrogen-bond acceptors (Lipinski definition) is 4. The molecule has 0 saturated heterocycles. The maximum atomic E-state index is 11.5. The van der Waals surface area contributed by atoms with Crippen molar-refractivity contribution in [2.75, 3.05) is 7.05 Å². The highest BCUT2D eigenvalue weighted by Gasteiger charge is 2.09. The van der Waals surface area contributed by atoms with E-state index >= 15 is 0 Å². The zero-order chi connectivity index (χ0) is 19.5. The lowest BCUT2D eigenvalue weighted by atomic mass is 10.0. The molecule has 0 spiro atoms. The fourth-order valence-electron chi connectivity index (χ4n) is 2.94. The van der Waals surface area contributed by atoms with Gasteiger partial charge in [0.1, 0.15) is 18.1 Å². The number of pyridine rings is 1. The van der Waals surface area contributed by atoms with Crippen molar-refractivity contribution < 1.29 is 13.9 Å². The fourth-order valence-corrected chi connectivity index (χ4v) is 2.94. The second-order valence-corrected chi connectivity index (χ2v) is 6.30. The van der Waals surface area contributed by atoms with Crippen LogP contribution in [0.25, 0.3) is 21.9 Å². The van der Waals surface area contributed by atoms with E-state index in [1.807, 2.05) is 36.4 Å². The molecular formula is C22H18N2O4. The molecule has 6 heteroatoms. The molecule has 0 unspecified atom stereocenters. The minimum absolute atomic E-state index is 0.127. The first-order chi connectivity index (χ1) is 13.6. The van der Waals surface area contributed by atoms with Crippen molar-refractivity contribution >= 4 is 16.7 Å². The summed E-state index contributed by atoms with van der Waals surface area (Å²) < 4.78 is 11.3. The topological polar surface area (TPSA) is 84.3 Å². The predicted molar refractivity (Wildman–Crippen MR) is 106 cm³/mol. The number of amides is 1. The maximum absolute atomic E-state index is 11.5. The molecule has 1 amide bonds. The van der Waals surface area contributed by atoms with Gasteiger partial charge in [-0.05, 0) is 58.3 Å². The van der Waals surface area contributed by atoms with Crippen LogP contribution in [0, 0.1) is 0 Å². The van der Waals surface area contributed by atoms with Crippen molar-refractivity contribution in [1.82, 2.24) is 10.3 Å². The SMILES string of the molecule is CNC(=O)c1ccc(COc2ccc3ccc(-c4ccc(=O)[nH]c4)cc3c2)o1. The zero-order valence-corrected chi connectivity index (χ0v) is 15.2. The minimum Gasteiger partial charge on any atom is -0.486 e. The Morgan fingerprint density at radius 3 is 2.61 bits per heavy atom. The summed E-state index contributed by atoms with van der Waals surface area (Å²) in [4.78, 5) is 25.5. The van der Waals surface area contributed by atoms with E-state index in [0.717, 1.165) is 21.9 Å². The number of carbonyl (C=O) groups excluding carboxylic acids is 1. The highest BCUT2D eigenvalue weighted by atomic mass is 16.5. The quantitative estimate of drug-likeness (QED) is 0.557. The second-order valence-electron chi connectivity index (χ2n) is 6.30. The Labute approximate surface area is 160 Å². The van der Waals surface area contributed by atoms with Gasteiger partial charge in [-0.25, -0.2) is 0 Å². The highest BCUT2D eigenvalue weighted by molar-refractivity contribution is 5.91. The summed E-state index contributed by atoms with van der Waals surface area (Å²) in [5, 5.41) is 4.62. The standard InChI is InChI=1S/C22H18N2O4/c1-23-22(26)20-8-7-19(28-20)13-27-18-6-4-14-2-3-15(10-17(14)11-18)16-5-9-21(25)24-12-16/h2-12H,13H2,1H3,(H,23,26)(H,24,25). The Kier molecular flexibility index (Phi) is 4.68. The first-order valence-electron chi connectivity index (χ1n) is 8.79. The summed E-state index contributed by atoms with van der Waals surface area (Å²) in [6.45, 7) is 0.224. The van der Waals surface area contributed by atoms with Crippen LogP contribution in [0.3, 0.4) is 0 Å². The molecule has 140 valence electrons. The summed E-state index contributed by atoms with van der Waals surface area (Å²) in [6, 6.07) is 18.6. The molecule has 0 radical (unpaired) electrons. The molecule has 4 aromatic rings. The third-order valence-corrected chi connectivity index (χ3v) is 4.42. The number of ether oxygens (including phenoxy) is 1. The van der Waals surface area contributed by atoms with Gasteiger partial charge >= 0.3 is 0 Å². The van der Waals surface area contributed by atoms with E-state index in [-0.39, 0.29) is 23.8 Å². The van der Waals surface area contributed by atoms with Crippen LogP contribution >= 0.6 is 0 Å². The molecule has 2 N–H and O–H groups in total. The lowest BCUT2D eigenvalue weighted by Crippen LogP contribution is -2.16. The summed E-state index contributed by atoms with van der Waals surface area (Å²) in [7, 11) is 1.55. The minimum atomic E-state index is -0.272. The van der Waals surface area contributed by atoms with E-state index in [9.17, 15) is 9.59 Å². The molecule has 0 saturated carbocycles. The predicted octanol–water partition coefficient (Wildman–Crippen LogP) is 3.73. The van der Waals surface area contributed by atoms with Crippen molar-refractivity contribution in [2.45, 2.75) is 6.61 Å². The first-order valence-corrected chi connectivity index (χ1v) is 8.79. The summed E-state index contributed by atoms with van der Waals surface area (Å²) in [5.74, 6) is 1.25. The first kappa shape index (κ1) is 17.6. The normalized spacial score (nSPS) is 10.8. The van der Waals surface area contributed by atoms with E-state index in [1.165, 1.54) is 6.07 Å². The molecule has 0 aliphatic heterocycles. The Morgan fingerprint density at radius 1 is 1.00 bits per heavy atom. The van der Waals surface area contributed by atoms with E-state index < -0.39 is 0 Å². The lowest BCUT2D eigenvalue weighted by Gasteiger charge is -2.08. The number of rotatable bonds is 5. The van der Waals surface area contributed by atoms with Gasteiger partial charge in [-0.1, -0.05) is 18.2 Å². The molecule has 0 atom stereocenters. The van der Waals surface area contributed by atoms with E-state index in [0.29, 0.717) is 11.5 Å². The molecule has 0 bridgehead atoms.